The maximum atomic E-state index is 6.00. The molecule has 2 aromatic rings. The third-order valence-electron chi connectivity index (χ3n) is 4.49. The highest BCUT2D eigenvalue weighted by Crippen LogP contribution is 2.36. The van der Waals surface area contributed by atoms with Crippen molar-refractivity contribution in [2.24, 2.45) is 0 Å². The van der Waals surface area contributed by atoms with Gasteiger partial charge in [-0.05, 0) is 33.3 Å². The molecular formula is C17H22BN3O2. The van der Waals surface area contributed by atoms with Crippen LogP contribution in [0.4, 0.5) is 5.95 Å². The first-order chi connectivity index (χ1) is 10.9. The van der Waals surface area contributed by atoms with E-state index < -0.39 is 7.12 Å². The molecule has 0 unspecified atom stereocenters. The molecule has 0 aliphatic carbocycles. The Morgan fingerprint density at radius 1 is 0.957 bits per heavy atom. The molecule has 0 radical (unpaired) electrons. The highest BCUT2D eigenvalue weighted by molar-refractivity contribution is 6.61. The molecule has 1 N–H and O–H groups in total. The van der Waals surface area contributed by atoms with Crippen molar-refractivity contribution in [2.75, 3.05) is 5.32 Å². The number of benzene rings is 1. The summed E-state index contributed by atoms with van der Waals surface area (Å²) in [5.41, 5.74) is 1.30. The highest BCUT2D eigenvalue weighted by Gasteiger charge is 2.51. The van der Waals surface area contributed by atoms with Gasteiger partial charge in [-0.3, -0.25) is 0 Å². The molecule has 1 aromatic heterocycles. The van der Waals surface area contributed by atoms with Crippen LogP contribution < -0.4 is 10.8 Å². The van der Waals surface area contributed by atoms with Gasteiger partial charge in [-0.1, -0.05) is 30.3 Å². The zero-order valence-corrected chi connectivity index (χ0v) is 14.0. The van der Waals surface area contributed by atoms with Crippen LogP contribution in [0.2, 0.25) is 0 Å². The molecule has 0 atom stereocenters. The largest absolute Gasteiger partial charge is 0.498 e. The average molecular weight is 311 g/mol. The zero-order chi connectivity index (χ0) is 16.5. The Hall–Kier alpha value is -1.92. The van der Waals surface area contributed by atoms with E-state index in [4.69, 9.17) is 9.31 Å². The molecule has 6 heteroatoms. The van der Waals surface area contributed by atoms with Gasteiger partial charge in [0.2, 0.25) is 5.95 Å². The minimum atomic E-state index is -0.428. The molecule has 0 saturated carbocycles. The summed E-state index contributed by atoms with van der Waals surface area (Å²) in [6.07, 6.45) is 3.50. The molecule has 1 saturated heterocycles. The van der Waals surface area contributed by atoms with Gasteiger partial charge in [-0.2, -0.15) is 0 Å². The fraction of sp³-hybridized carbons (Fsp3) is 0.412. The third kappa shape index (κ3) is 3.38. The lowest BCUT2D eigenvalue weighted by atomic mass is 9.81. The summed E-state index contributed by atoms with van der Waals surface area (Å²) in [5, 5.41) is 3.21. The van der Waals surface area contributed by atoms with Crippen molar-refractivity contribution in [3.63, 3.8) is 0 Å². The molecule has 2 heterocycles. The number of nitrogens with zero attached hydrogens (tertiary/aromatic N) is 2. The van der Waals surface area contributed by atoms with Gasteiger partial charge in [0.05, 0.1) is 11.2 Å². The van der Waals surface area contributed by atoms with E-state index in [-0.39, 0.29) is 11.2 Å². The highest BCUT2D eigenvalue weighted by atomic mass is 16.7. The topological polar surface area (TPSA) is 56.3 Å². The third-order valence-corrected chi connectivity index (χ3v) is 4.49. The van der Waals surface area contributed by atoms with Crippen LogP contribution in [0.25, 0.3) is 0 Å². The predicted octanol–water partition coefficient (Wildman–Crippen LogP) is 2.39. The second-order valence-electron chi connectivity index (χ2n) is 6.77. The maximum Gasteiger partial charge on any atom is 0.498 e. The number of aromatic nitrogens is 2. The number of hydrogen-bond acceptors (Lipinski definition) is 5. The monoisotopic (exact) mass is 311 g/mol. The van der Waals surface area contributed by atoms with Crippen molar-refractivity contribution < 1.29 is 9.31 Å². The quantitative estimate of drug-likeness (QED) is 0.879. The van der Waals surface area contributed by atoms with Crippen LogP contribution in [0.15, 0.2) is 42.7 Å². The normalized spacial score (nSPS) is 18.9. The molecule has 1 aromatic carbocycles. The number of hydrogen-bond donors (Lipinski definition) is 1. The summed E-state index contributed by atoms with van der Waals surface area (Å²) in [6, 6.07) is 10.1. The van der Waals surface area contributed by atoms with E-state index >= 15 is 0 Å². The van der Waals surface area contributed by atoms with Crippen LogP contribution in [0.1, 0.15) is 33.3 Å². The molecule has 23 heavy (non-hydrogen) atoms. The molecule has 120 valence electrons. The summed E-state index contributed by atoms with van der Waals surface area (Å²) in [5.74, 6) is 0.592. The van der Waals surface area contributed by atoms with Crippen molar-refractivity contribution in [2.45, 2.75) is 45.4 Å². The summed E-state index contributed by atoms with van der Waals surface area (Å²) < 4.78 is 12.0. The first-order valence-corrected chi connectivity index (χ1v) is 7.83. The summed E-state index contributed by atoms with van der Waals surface area (Å²) in [4.78, 5) is 8.70. The van der Waals surface area contributed by atoms with Gasteiger partial charge in [0.1, 0.15) is 0 Å². The Labute approximate surface area is 137 Å². The van der Waals surface area contributed by atoms with Crippen LogP contribution in [0.3, 0.4) is 0 Å². The number of anilines is 1. The van der Waals surface area contributed by atoms with E-state index in [0.717, 1.165) is 5.46 Å². The lowest BCUT2D eigenvalue weighted by Crippen LogP contribution is -2.41. The van der Waals surface area contributed by atoms with Gasteiger partial charge < -0.3 is 14.6 Å². The first-order valence-electron chi connectivity index (χ1n) is 7.83. The van der Waals surface area contributed by atoms with Gasteiger partial charge in [-0.15, -0.1) is 0 Å². The summed E-state index contributed by atoms with van der Waals surface area (Å²) in [6.45, 7) is 8.82. The van der Waals surface area contributed by atoms with Crippen molar-refractivity contribution in [3.05, 3.63) is 48.3 Å². The molecule has 1 aliphatic rings. The Balaban J connectivity index is 1.64. The number of nitrogens with one attached hydrogen (secondary N) is 1. The van der Waals surface area contributed by atoms with Crippen molar-refractivity contribution in [1.82, 2.24) is 9.97 Å². The standard InChI is InChI=1S/C17H22BN3O2/c1-16(2)17(3,4)23-18(22-16)14-11-20-15(21-12-14)19-10-13-8-6-5-7-9-13/h5-9,11-12H,10H2,1-4H3,(H,19,20,21). The van der Waals surface area contributed by atoms with Crippen LogP contribution >= 0.6 is 0 Å². The van der Waals surface area contributed by atoms with Crippen LogP contribution in [-0.2, 0) is 15.9 Å². The van der Waals surface area contributed by atoms with Crippen molar-refractivity contribution >= 4 is 18.5 Å². The van der Waals surface area contributed by atoms with Crippen molar-refractivity contribution in [1.29, 1.82) is 0 Å². The molecule has 1 aliphatic heterocycles. The van der Waals surface area contributed by atoms with Gasteiger partial charge in [0, 0.05) is 24.4 Å². The van der Waals surface area contributed by atoms with Gasteiger partial charge >= 0.3 is 7.12 Å². The fourth-order valence-electron chi connectivity index (χ4n) is 2.31. The van der Waals surface area contributed by atoms with E-state index in [1.54, 1.807) is 12.4 Å². The van der Waals surface area contributed by atoms with E-state index in [1.807, 2.05) is 45.9 Å². The molecular weight excluding hydrogens is 289 g/mol. The second-order valence-corrected chi connectivity index (χ2v) is 6.77. The fourth-order valence-corrected chi connectivity index (χ4v) is 2.31. The summed E-state index contributed by atoms with van der Waals surface area (Å²) >= 11 is 0. The van der Waals surface area contributed by atoms with Gasteiger partial charge in [-0.25, -0.2) is 9.97 Å². The SMILES string of the molecule is CC1(C)OB(c2cnc(NCc3ccccc3)nc2)OC1(C)C. The van der Waals surface area contributed by atoms with Crippen LogP contribution in [0.5, 0.6) is 0 Å². The van der Waals surface area contributed by atoms with Gasteiger partial charge in [0.15, 0.2) is 0 Å². The molecule has 0 bridgehead atoms. The summed E-state index contributed by atoms with van der Waals surface area (Å²) in [7, 11) is -0.428. The smallest absolute Gasteiger partial charge is 0.399 e. The lowest BCUT2D eigenvalue weighted by molar-refractivity contribution is 0.00578. The Morgan fingerprint density at radius 3 is 2.09 bits per heavy atom. The van der Waals surface area contributed by atoms with E-state index in [0.29, 0.717) is 12.5 Å². The van der Waals surface area contributed by atoms with Crippen LogP contribution in [-0.4, -0.2) is 28.3 Å². The van der Waals surface area contributed by atoms with E-state index in [1.165, 1.54) is 5.56 Å². The minimum Gasteiger partial charge on any atom is -0.399 e. The maximum absolute atomic E-state index is 6.00. The van der Waals surface area contributed by atoms with Crippen molar-refractivity contribution in [3.8, 4) is 0 Å². The Kier molecular flexibility index (Phi) is 4.12. The Morgan fingerprint density at radius 2 is 1.52 bits per heavy atom. The molecule has 0 amide bonds. The molecule has 5 nitrogen and oxygen atoms in total. The molecule has 3 rings (SSSR count). The lowest BCUT2D eigenvalue weighted by Gasteiger charge is -2.32. The Bertz CT molecular complexity index is 643. The van der Waals surface area contributed by atoms with E-state index in [2.05, 4.69) is 27.4 Å². The predicted molar refractivity (Wildman–Crippen MR) is 91.5 cm³/mol. The second kappa shape index (κ2) is 5.94. The minimum absolute atomic E-state index is 0.359. The average Bonchev–Trinajstić information content (AvgIpc) is 2.75. The number of rotatable bonds is 4. The van der Waals surface area contributed by atoms with E-state index in [9.17, 15) is 0 Å². The molecule has 0 spiro atoms. The molecule has 1 fully saturated rings. The van der Waals surface area contributed by atoms with Gasteiger partial charge in [0.25, 0.3) is 0 Å². The zero-order valence-electron chi connectivity index (χ0n) is 14.0. The van der Waals surface area contributed by atoms with Crippen LogP contribution in [0, 0.1) is 0 Å². The first kappa shape index (κ1) is 16.0.